The third-order valence-electron chi connectivity index (χ3n) is 9.56. The standard InChI is InChI=1S/C42H91NO5S2/c1-9-12-15-17-21-29-38-46-42(32-24-18-16-13-10-2)48-50(7,8)40-31-23-20-26-34-43(35-27-28-36-44)33-25-19-22-30-39-49(5,6)47-41(4)45-37-14-11-3/h41-42,44H,9-40H2,1-8H3. The highest BCUT2D eigenvalue weighted by Crippen LogP contribution is 2.45. The van der Waals surface area contributed by atoms with Crippen molar-refractivity contribution in [3.8, 4) is 0 Å². The quantitative estimate of drug-likeness (QED) is 0.0497. The number of unbranched alkanes of at least 4 members (excludes halogenated alkanes) is 17. The average Bonchev–Trinajstić information content (AvgIpc) is 3.06. The van der Waals surface area contributed by atoms with Crippen molar-refractivity contribution < 1.29 is 22.9 Å². The molecule has 0 aliphatic rings. The molecule has 1 N–H and O–H groups in total. The Hall–Kier alpha value is 0.460. The summed E-state index contributed by atoms with van der Waals surface area (Å²) in [6.07, 6.45) is 38.9. The molecule has 0 aliphatic carbocycles. The summed E-state index contributed by atoms with van der Waals surface area (Å²) in [6, 6.07) is 0. The van der Waals surface area contributed by atoms with E-state index >= 15 is 0 Å². The van der Waals surface area contributed by atoms with Crippen molar-refractivity contribution in [1.29, 1.82) is 0 Å². The van der Waals surface area contributed by atoms with Crippen LogP contribution in [0.1, 0.15) is 182 Å². The molecule has 50 heavy (non-hydrogen) atoms. The van der Waals surface area contributed by atoms with Crippen molar-refractivity contribution in [1.82, 2.24) is 4.90 Å². The Morgan fingerprint density at radius 3 is 1.48 bits per heavy atom. The molecule has 0 aromatic heterocycles. The lowest BCUT2D eigenvalue weighted by atomic mass is 10.1. The monoisotopic (exact) mass is 754 g/mol. The van der Waals surface area contributed by atoms with Crippen LogP contribution in [0, 0.1) is 0 Å². The lowest BCUT2D eigenvalue weighted by Crippen LogP contribution is -2.27. The molecule has 0 heterocycles. The van der Waals surface area contributed by atoms with Gasteiger partial charge in [-0.25, -0.2) is 0 Å². The number of nitrogens with zero attached hydrogens (tertiary/aromatic N) is 1. The molecule has 0 saturated heterocycles. The molecule has 306 valence electrons. The van der Waals surface area contributed by atoms with Crippen LogP contribution < -0.4 is 0 Å². The van der Waals surface area contributed by atoms with E-state index in [1.807, 2.05) is 6.92 Å². The normalized spacial score (nSPS) is 14.4. The van der Waals surface area contributed by atoms with E-state index in [4.69, 9.17) is 17.8 Å². The van der Waals surface area contributed by atoms with Gasteiger partial charge < -0.3 is 27.8 Å². The second-order valence-corrected chi connectivity index (χ2v) is 22.6. The third kappa shape index (κ3) is 34.2. The minimum atomic E-state index is -1.11. The Morgan fingerprint density at radius 2 is 0.920 bits per heavy atom. The Balaban J connectivity index is 4.42. The Kier molecular flexibility index (Phi) is 35.5. The smallest absolute Gasteiger partial charge is 0.168 e. The first-order chi connectivity index (χ1) is 24.1. The van der Waals surface area contributed by atoms with Gasteiger partial charge in [0.2, 0.25) is 0 Å². The van der Waals surface area contributed by atoms with Crippen LogP contribution in [0.25, 0.3) is 0 Å². The topological polar surface area (TPSA) is 60.4 Å². The Morgan fingerprint density at radius 1 is 0.480 bits per heavy atom. The maximum Gasteiger partial charge on any atom is 0.168 e. The largest absolute Gasteiger partial charge is 0.396 e. The highest BCUT2D eigenvalue weighted by Gasteiger charge is 2.20. The molecule has 0 rings (SSSR count). The number of rotatable bonds is 40. The van der Waals surface area contributed by atoms with E-state index in [2.05, 4.69) is 50.7 Å². The Labute approximate surface area is 317 Å². The third-order valence-corrected chi connectivity index (χ3v) is 13.6. The van der Waals surface area contributed by atoms with Crippen molar-refractivity contribution >= 4 is 20.6 Å². The van der Waals surface area contributed by atoms with E-state index in [1.165, 1.54) is 134 Å². The van der Waals surface area contributed by atoms with Crippen LogP contribution in [0.5, 0.6) is 0 Å². The minimum absolute atomic E-state index is 0.0237. The lowest BCUT2D eigenvalue weighted by Gasteiger charge is -2.35. The first-order valence-electron chi connectivity index (χ1n) is 21.4. The van der Waals surface area contributed by atoms with E-state index in [0.717, 1.165) is 64.0 Å². The average molecular weight is 754 g/mol. The van der Waals surface area contributed by atoms with Gasteiger partial charge in [0, 0.05) is 19.8 Å². The number of aliphatic hydroxyl groups is 1. The molecule has 8 heteroatoms. The summed E-state index contributed by atoms with van der Waals surface area (Å²) >= 11 is 0. The zero-order valence-electron chi connectivity index (χ0n) is 35.1. The van der Waals surface area contributed by atoms with Crippen molar-refractivity contribution in [2.24, 2.45) is 0 Å². The zero-order chi connectivity index (χ0) is 37.2. The molecule has 2 unspecified atom stereocenters. The van der Waals surface area contributed by atoms with Crippen molar-refractivity contribution in [2.75, 3.05) is 76.0 Å². The summed E-state index contributed by atoms with van der Waals surface area (Å²) < 4.78 is 25.2. The van der Waals surface area contributed by atoms with Crippen molar-refractivity contribution in [2.45, 2.75) is 194 Å². The van der Waals surface area contributed by atoms with E-state index in [0.29, 0.717) is 6.61 Å². The molecule has 6 nitrogen and oxygen atoms in total. The molecule has 0 aliphatic heterocycles. The van der Waals surface area contributed by atoms with Gasteiger partial charge in [-0.05, 0) is 127 Å². The van der Waals surface area contributed by atoms with Crippen LogP contribution in [0.2, 0.25) is 0 Å². The summed E-state index contributed by atoms with van der Waals surface area (Å²) in [5.74, 6) is 2.33. The maximum atomic E-state index is 9.33. The van der Waals surface area contributed by atoms with E-state index in [1.54, 1.807) is 0 Å². The first kappa shape index (κ1) is 50.5. The predicted octanol–water partition coefficient (Wildman–Crippen LogP) is 12.4. The molecule has 0 saturated carbocycles. The van der Waals surface area contributed by atoms with E-state index in [-0.39, 0.29) is 12.6 Å². The molecular weight excluding hydrogens is 663 g/mol. The molecule has 0 amide bonds. The second-order valence-electron chi connectivity index (χ2n) is 15.6. The fourth-order valence-electron chi connectivity index (χ4n) is 6.41. The van der Waals surface area contributed by atoms with Gasteiger partial charge >= 0.3 is 0 Å². The molecular formula is C42H91NO5S2. The first-order valence-corrected chi connectivity index (χ1v) is 26.5. The van der Waals surface area contributed by atoms with Crippen molar-refractivity contribution in [3.63, 3.8) is 0 Å². The molecule has 0 aromatic carbocycles. The van der Waals surface area contributed by atoms with Crippen LogP contribution in [0.3, 0.4) is 0 Å². The number of hydrogen-bond donors (Lipinski definition) is 1. The van der Waals surface area contributed by atoms with Gasteiger partial charge in [0.05, 0.1) is 0 Å². The van der Waals surface area contributed by atoms with Gasteiger partial charge in [0.25, 0.3) is 0 Å². The van der Waals surface area contributed by atoms with Crippen LogP contribution >= 0.6 is 20.6 Å². The van der Waals surface area contributed by atoms with E-state index < -0.39 is 20.6 Å². The molecule has 0 fully saturated rings. The lowest BCUT2D eigenvalue weighted by molar-refractivity contribution is -0.0790. The van der Waals surface area contributed by atoms with Gasteiger partial charge in [0.15, 0.2) is 12.6 Å². The summed E-state index contributed by atoms with van der Waals surface area (Å²) in [6.45, 7) is 14.2. The SMILES string of the molecule is CCCCCCCCOC(CCCCCCC)OS(C)(C)CCCCCCN(CCCCO)CCCCCCS(C)(C)OC(C)OCCCC. The fourth-order valence-corrected chi connectivity index (χ4v) is 9.92. The molecule has 0 spiro atoms. The zero-order valence-corrected chi connectivity index (χ0v) is 36.8. The van der Waals surface area contributed by atoms with Gasteiger partial charge in [-0.15, -0.1) is 20.6 Å². The van der Waals surface area contributed by atoms with Gasteiger partial charge in [0.1, 0.15) is 0 Å². The molecule has 2 atom stereocenters. The molecule has 0 bridgehead atoms. The molecule has 0 aromatic rings. The van der Waals surface area contributed by atoms with Gasteiger partial charge in [-0.3, -0.25) is 0 Å². The summed E-state index contributed by atoms with van der Waals surface area (Å²) in [7, 11) is -2.17. The fraction of sp³-hybridized carbons (Fsp3) is 1.00. The van der Waals surface area contributed by atoms with Gasteiger partial charge in [-0.1, -0.05) is 111 Å². The van der Waals surface area contributed by atoms with Crippen LogP contribution in [-0.4, -0.2) is 98.6 Å². The summed E-state index contributed by atoms with van der Waals surface area (Å²) in [5, 5.41) is 9.33. The van der Waals surface area contributed by atoms with Crippen LogP contribution in [-0.2, 0) is 17.8 Å². The second kappa shape index (κ2) is 35.2. The highest BCUT2D eigenvalue weighted by molar-refractivity contribution is 8.29. The molecule has 0 radical (unpaired) electrons. The predicted molar refractivity (Wildman–Crippen MR) is 227 cm³/mol. The minimum Gasteiger partial charge on any atom is -0.396 e. The van der Waals surface area contributed by atoms with Crippen LogP contribution in [0.15, 0.2) is 0 Å². The van der Waals surface area contributed by atoms with E-state index in [9.17, 15) is 5.11 Å². The highest BCUT2D eigenvalue weighted by atomic mass is 32.3. The van der Waals surface area contributed by atoms with Gasteiger partial charge in [-0.2, -0.15) is 0 Å². The number of ether oxygens (including phenoxy) is 2. The maximum absolute atomic E-state index is 9.33. The number of aliphatic hydroxyl groups excluding tert-OH is 1. The van der Waals surface area contributed by atoms with Crippen molar-refractivity contribution in [3.05, 3.63) is 0 Å². The van der Waals surface area contributed by atoms with Crippen LogP contribution in [0.4, 0.5) is 0 Å². The summed E-state index contributed by atoms with van der Waals surface area (Å²) in [4.78, 5) is 2.66. The summed E-state index contributed by atoms with van der Waals surface area (Å²) in [5.41, 5.74) is 0. The number of hydrogen-bond acceptors (Lipinski definition) is 6. The Bertz CT molecular complexity index is 699.